The Hall–Kier alpha value is -2.80. The van der Waals surface area contributed by atoms with Gasteiger partial charge in [0.25, 0.3) is 0 Å². The standard InChI is InChI=1S/C21H26N6S/c1-13(16-7-8-20-19(10-16)25-15(3)28-20)5-6-14(2)17-9-18(12-24-11-17)21(22)26-27-23-4/h7-14,27H,4-6H2,1-3H3,(H2,22,26). The zero-order valence-corrected chi connectivity index (χ0v) is 17.3. The van der Waals surface area contributed by atoms with E-state index in [2.05, 4.69) is 71.4 Å². The number of aromatic nitrogens is 2. The van der Waals surface area contributed by atoms with E-state index in [1.54, 1.807) is 17.5 Å². The zero-order chi connectivity index (χ0) is 20.1. The monoisotopic (exact) mass is 394 g/mol. The Kier molecular flexibility index (Phi) is 6.36. The van der Waals surface area contributed by atoms with E-state index in [1.807, 2.05) is 12.3 Å². The summed E-state index contributed by atoms with van der Waals surface area (Å²) in [6.07, 6.45) is 5.75. The van der Waals surface area contributed by atoms with E-state index >= 15 is 0 Å². The molecule has 6 nitrogen and oxygen atoms in total. The number of amidine groups is 1. The number of aryl methyl sites for hydroxylation is 1. The Morgan fingerprint density at radius 1 is 1.18 bits per heavy atom. The van der Waals surface area contributed by atoms with Crippen LogP contribution in [0.1, 0.15) is 60.2 Å². The number of hydrogen-bond acceptors (Lipinski definition) is 6. The first kappa shape index (κ1) is 19.9. The maximum atomic E-state index is 5.95. The molecule has 146 valence electrons. The smallest absolute Gasteiger partial charge is 0.154 e. The van der Waals surface area contributed by atoms with Crippen molar-refractivity contribution in [1.29, 1.82) is 0 Å². The molecule has 0 spiro atoms. The first-order valence-electron chi connectivity index (χ1n) is 9.34. The molecule has 0 radical (unpaired) electrons. The molecule has 3 N–H and O–H groups in total. The second kappa shape index (κ2) is 8.93. The van der Waals surface area contributed by atoms with Crippen LogP contribution < -0.4 is 11.3 Å². The van der Waals surface area contributed by atoms with Crippen LogP contribution >= 0.6 is 11.3 Å². The summed E-state index contributed by atoms with van der Waals surface area (Å²) in [5, 5.41) is 8.50. The Morgan fingerprint density at radius 2 is 1.93 bits per heavy atom. The van der Waals surface area contributed by atoms with Crippen molar-refractivity contribution in [2.75, 3.05) is 0 Å². The Morgan fingerprint density at radius 3 is 2.68 bits per heavy atom. The van der Waals surface area contributed by atoms with Crippen LogP contribution in [0.25, 0.3) is 10.2 Å². The van der Waals surface area contributed by atoms with E-state index < -0.39 is 0 Å². The van der Waals surface area contributed by atoms with Crippen LogP contribution in [0.2, 0.25) is 0 Å². The van der Waals surface area contributed by atoms with E-state index in [-0.39, 0.29) is 0 Å². The van der Waals surface area contributed by atoms with Gasteiger partial charge in [0.2, 0.25) is 0 Å². The van der Waals surface area contributed by atoms with E-state index in [0.29, 0.717) is 17.7 Å². The second-order valence-electron chi connectivity index (χ2n) is 7.10. The summed E-state index contributed by atoms with van der Waals surface area (Å²) >= 11 is 1.74. The van der Waals surface area contributed by atoms with Gasteiger partial charge in [0, 0.05) is 24.7 Å². The number of pyridine rings is 1. The summed E-state index contributed by atoms with van der Waals surface area (Å²) in [5.41, 5.74) is 12.7. The molecule has 1 aromatic carbocycles. The lowest BCUT2D eigenvalue weighted by atomic mass is 9.89. The lowest BCUT2D eigenvalue weighted by Crippen LogP contribution is -2.17. The average Bonchev–Trinajstić information content (AvgIpc) is 3.09. The van der Waals surface area contributed by atoms with Crippen molar-refractivity contribution in [3.05, 3.63) is 58.4 Å². The number of fused-ring (bicyclic) bond motifs is 1. The van der Waals surface area contributed by atoms with Crippen LogP contribution in [0.5, 0.6) is 0 Å². The minimum atomic E-state index is 0.342. The van der Waals surface area contributed by atoms with Gasteiger partial charge in [-0.25, -0.2) is 4.98 Å². The fourth-order valence-corrected chi connectivity index (χ4v) is 4.03. The van der Waals surface area contributed by atoms with Gasteiger partial charge in [-0.05, 0) is 60.9 Å². The molecule has 2 unspecified atom stereocenters. The van der Waals surface area contributed by atoms with E-state index in [1.165, 1.54) is 10.3 Å². The van der Waals surface area contributed by atoms with Gasteiger partial charge in [0.1, 0.15) is 0 Å². The van der Waals surface area contributed by atoms with Gasteiger partial charge in [0.05, 0.1) is 15.2 Å². The quantitative estimate of drug-likeness (QED) is 0.334. The molecule has 3 aromatic rings. The molecule has 0 saturated heterocycles. The Balaban J connectivity index is 1.65. The first-order chi connectivity index (χ1) is 13.5. The van der Waals surface area contributed by atoms with Crippen molar-refractivity contribution < 1.29 is 0 Å². The van der Waals surface area contributed by atoms with Crippen LogP contribution in [0, 0.1) is 6.92 Å². The SMILES string of the molecule is C=NN/N=C(\N)c1cncc(C(C)CCC(C)c2ccc3sc(C)nc3c2)c1. The molecule has 2 heterocycles. The summed E-state index contributed by atoms with van der Waals surface area (Å²) in [7, 11) is 0. The van der Waals surface area contributed by atoms with Gasteiger partial charge in [-0.1, -0.05) is 19.9 Å². The van der Waals surface area contributed by atoms with Gasteiger partial charge in [-0.3, -0.25) is 4.98 Å². The average molecular weight is 395 g/mol. The highest BCUT2D eigenvalue weighted by molar-refractivity contribution is 7.18. The first-order valence-corrected chi connectivity index (χ1v) is 10.2. The molecular weight excluding hydrogens is 368 g/mol. The molecule has 28 heavy (non-hydrogen) atoms. The highest BCUT2D eigenvalue weighted by Crippen LogP contribution is 2.30. The van der Waals surface area contributed by atoms with Crippen molar-refractivity contribution in [2.45, 2.75) is 45.4 Å². The second-order valence-corrected chi connectivity index (χ2v) is 8.34. The lowest BCUT2D eigenvalue weighted by molar-refractivity contribution is 0.573. The highest BCUT2D eigenvalue weighted by Gasteiger charge is 2.13. The lowest BCUT2D eigenvalue weighted by Gasteiger charge is -2.17. The molecule has 0 amide bonds. The molecule has 2 aromatic heterocycles. The minimum absolute atomic E-state index is 0.342. The van der Waals surface area contributed by atoms with E-state index in [0.717, 1.165) is 34.5 Å². The third kappa shape index (κ3) is 4.72. The Labute approximate surface area is 169 Å². The van der Waals surface area contributed by atoms with Gasteiger partial charge in [-0.15, -0.1) is 16.4 Å². The summed E-state index contributed by atoms with van der Waals surface area (Å²) in [5.74, 6) is 1.19. The maximum absolute atomic E-state index is 5.95. The fraction of sp³-hybridized carbons (Fsp3) is 0.333. The molecule has 0 bridgehead atoms. The van der Waals surface area contributed by atoms with Crippen LogP contribution in [-0.2, 0) is 0 Å². The Bertz CT molecular complexity index is 993. The maximum Gasteiger partial charge on any atom is 0.154 e. The predicted octanol–water partition coefficient (Wildman–Crippen LogP) is 4.51. The topological polar surface area (TPSA) is 88.5 Å². The molecule has 0 aliphatic heterocycles. The number of nitrogens with two attached hydrogens (primary N) is 1. The van der Waals surface area contributed by atoms with Crippen LogP contribution in [-0.4, -0.2) is 22.5 Å². The normalized spacial score (nSPS) is 14.0. The number of rotatable bonds is 8. The van der Waals surface area contributed by atoms with Crippen LogP contribution in [0.15, 0.2) is 46.9 Å². The van der Waals surface area contributed by atoms with Crippen molar-refractivity contribution in [3.8, 4) is 0 Å². The minimum Gasteiger partial charge on any atom is -0.382 e. The fourth-order valence-electron chi connectivity index (χ4n) is 3.22. The number of hydrazone groups is 2. The third-order valence-electron chi connectivity index (χ3n) is 4.99. The van der Waals surface area contributed by atoms with Gasteiger partial charge in [0.15, 0.2) is 5.84 Å². The molecule has 0 aliphatic rings. The molecule has 2 atom stereocenters. The largest absolute Gasteiger partial charge is 0.382 e. The highest BCUT2D eigenvalue weighted by atomic mass is 32.1. The predicted molar refractivity (Wildman–Crippen MR) is 118 cm³/mol. The van der Waals surface area contributed by atoms with Gasteiger partial charge in [-0.2, -0.15) is 10.6 Å². The summed E-state index contributed by atoms with van der Waals surface area (Å²) in [6.45, 7) is 9.87. The molecular formula is C21H26N6S. The van der Waals surface area contributed by atoms with Gasteiger partial charge >= 0.3 is 0 Å². The van der Waals surface area contributed by atoms with Crippen molar-refractivity contribution in [3.63, 3.8) is 0 Å². The number of hydrogen-bond donors (Lipinski definition) is 2. The van der Waals surface area contributed by atoms with Gasteiger partial charge < -0.3 is 5.73 Å². The van der Waals surface area contributed by atoms with Crippen molar-refractivity contribution in [1.82, 2.24) is 15.5 Å². The van der Waals surface area contributed by atoms with Crippen molar-refractivity contribution in [2.24, 2.45) is 15.9 Å². The third-order valence-corrected chi connectivity index (χ3v) is 5.94. The number of nitrogens with zero attached hydrogens (tertiary/aromatic N) is 4. The molecule has 0 aliphatic carbocycles. The summed E-state index contributed by atoms with van der Waals surface area (Å²) < 4.78 is 1.25. The molecule has 7 heteroatoms. The van der Waals surface area contributed by atoms with E-state index in [9.17, 15) is 0 Å². The number of nitrogens with one attached hydrogen (secondary N) is 1. The summed E-state index contributed by atoms with van der Waals surface area (Å²) in [6, 6.07) is 8.69. The van der Waals surface area contributed by atoms with Crippen molar-refractivity contribution >= 4 is 34.1 Å². The van der Waals surface area contributed by atoms with Crippen LogP contribution in [0.4, 0.5) is 0 Å². The number of thiazole rings is 1. The van der Waals surface area contributed by atoms with Crippen LogP contribution in [0.3, 0.4) is 0 Å². The molecule has 0 saturated carbocycles. The van der Waals surface area contributed by atoms with E-state index in [4.69, 9.17) is 5.73 Å². The molecule has 3 rings (SSSR count). The summed E-state index contributed by atoms with van der Waals surface area (Å²) in [4.78, 5) is 8.93. The molecule has 0 fully saturated rings. The number of benzene rings is 1. The zero-order valence-electron chi connectivity index (χ0n) is 16.5.